The average Bonchev–Trinajstić information content (AvgIpc) is 3.16. The van der Waals surface area contributed by atoms with Gasteiger partial charge in [-0.15, -0.1) is 5.10 Å². The Bertz CT molecular complexity index is 1320. The predicted octanol–water partition coefficient (Wildman–Crippen LogP) is 5.04. The van der Waals surface area contributed by atoms with E-state index in [1.54, 1.807) is 24.3 Å². The quantitative estimate of drug-likeness (QED) is 0.388. The van der Waals surface area contributed by atoms with Crippen LogP contribution in [0.2, 0.25) is 10.0 Å². The van der Waals surface area contributed by atoms with Gasteiger partial charge in [0.25, 0.3) is 5.91 Å². The second-order valence-corrected chi connectivity index (χ2v) is 7.50. The fourth-order valence-electron chi connectivity index (χ4n) is 2.95. The SMILES string of the molecule is Cc1cc(Nc2ccc(Cl)c(Cl)c2)nn2c(C(=O)Nc3ccc(C(=O)O)cc3)cnc12. The molecule has 2 aromatic heterocycles. The number of aromatic nitrogens is 3. The Kier molecular flexibility index (Phi) is 5.50. The third-order valence-corrected chi connectivity index (χ3v) is 5.20. The number of hydrogen-bond acceptors (Lipinski definition) is 5. The van der Waals surface area contributed by atoms with Crippen LogP contribution in [0.25, 0.3) is 5.65 Å². The van der Waals surface area contributed by atoms with Gasteiger partial charge in [0.1, 0.15) is 0 Å². The van der Waals surface area contributed by atoms with Crippen molar-refractivity contribution in [3.05, 3.63) is 81.6 Å². The minimum absolute atomic E-state index is 0.128. The topological polar surface area (TPSA) is 109 Å². The van der Waals surface area contributed by atoms with Gasteiger partial charge in [-0.3, -0.25) is 4.79 Å². The molecule has 0 radical (unpaired) electrons. The number of halogens is 2. The summed E-state index contributed by atoms with van der Waals surface area (Å²) in [4.78, 5) is 28.0. The van der Waals surface area contributed by atoms with Crippen LogP contribution in [-0.2, 0) is 0 Å². The maximum absolute atomic E-state index is 12.8. The second kappa shape index (κ2) is 8.25. The van der Waals surface area contributed by atoms with Gasteiger partial charge in [0.15, 0.2) is 17.2 Å². The molecule has 2 heterocycles. The largest absolute Gasteiger partial charge is 0.478 e. The molecule has 8 nitrogen and oxygen atoms in total. The number of fused-ring (bicyclic) bond motifs is 1. The fraction of sp³-hybridized carbons (Fsp3) is 0.0476. The summed E-state index contributed by atoms with van der Waals surface area (Å²) >= 11 is 12.0. The zero-order valence-electron chi connectivity index (χ0n) is 16.1. The van der Waals surface area contributed by atoms with Crippen molar-refractivity contribution < 1.29 is 14.7 Å². The number of imidazole rings is 1. The summed E-state index contributed by atoms with van der Waals surface area (Å²) in [5, 5.41) is 20.2. The molecule has 0 aliphatic heterocycles. The molecule has 0 aliphatic rings. The number of carboxylic acid groups (broad SMARTS) is 1. The van der Waals surface area contributed by atoms with Gasteiger partial charge in [0.05, 0.1) is 21.8 Å². The van der Waals surface area contributed by atoms with Gasteiger partial charge in [0, 0.05) is 11.4 Å². The lowest BCUT2D eigenvalue weighted by molar-refractivity contribution is 0.0696. The lowest BCUT2D eigenvalue weighted by atomic mass is 10.2. The normalized spacial score (nSPS) is 10.8. The number of amides is 1. The van der Waals surface area contributed by atoms with Crippen LogP contribution in [0.3, 0.4) is 0 Å². The van der Waals surface area contributed by atoms with Crippen molar-refractivity contribution in [3.63, 3.8) is 0 Å². The first-order chi connectivity index (χ1) is 14.8. The van der Waals surface area contributed by atoms with Crippen molar-refractivity contribution in [2.45, 2.75) is 6.92 Å². The number of aromatic carboxylic acids is 1. The zero-order valence-corrected chi connectivity index (χ0v) is 17.6. The number of carboxylic acids is 1. The summed E-state index contributed by atoms with van der Waals surface area (Å²) in [6.07, 6.45) is 1.43. The first-order valence-electron chi connectivity index (χ1n) is 9.04. The van der Waals surface area contributed by atoms with E-state index in [4.69, 9.17) is 28.3 Å². The summed E-state index contributed by atoms with van der Waals surface area (Å²) < 4.78 is 1.44. The first kappa shape index (κ1) is 20.6. The number of hydrogen-bond donors (Lipinski definition) is 3. The molecule has 3 N–H and O–H groups in total. The van der Waals surface area contributed by atoms with Crippen molar-refractivity contribution in [2.24, 2.45) is 0 Å². The fourth-order valence-corrected chi connectivity index (χ4v) is 3.25. The highest BCUT2D eigenvalue weighted by Gasteiger charge is 2.16. The summed E-state index contributed by atoms with van der Waals surface area (Å²) in [5.41, 5.74) is 2.83. The van der Waals surface area contributed by atoms with E-state index >= 15 is 0 Å². The molecule has 0 aliphatic carbocycles. The number of nitrogens with one attached hydrogen (secondary N) is 2. The molecule has 10 heteroatoms. The molecule has 0 unspecified atom stereocenters. The number of carbonyl (C=O) groups excluding carboxylic acids is 1. The molecule has 0 saturated heterocycles. The van der Waals surface area contributed by atoms with E-state index < -0.39 is 11.9 Å². The molecule has 2 aromatic carbocycles. The number of nitrogens with zero attached hydrogens (tertiary/aromatic N) is 3. The second-order valence-electron chi connectivity index (χ2n) is 6.68. The minimum Gasteiger partial charge on any atom is -0.478 e. The van der Waals surface area contributed by atoms with Crippen molar-refractivity contribution in [1.82, 2.24) is 14.6 Å². The van der Waals surface area contributed by atoms with Crippen LogP contribution < -0.4 is 10.6 Å². The van der Waals surface area contributed by atoms with Gasteiger partial charge >= 0.3 is 5.97 Å². The molecule has 0 fully saturated rings. The van der Waals surface area contributed by atoms with E-state index in [-0.39, 0.29) is 11.3 Å². The van der Waals surface area contributed by atoms with Crippen molar-refractivity contribution in [2.75, 3.05) is 10.6 Å². The van der Waals surface area contributed by atoms with Gasteiger partial charge in [-0.05, 0) is 61.0 Å². The lowest BCUT2D eigenvalue weighted by Gasteiger charge is -2.10. The Hall–Kier alpha value is -3.62. The van der Waals surface area contributed by atoms with Gasteiger partial charge in [-0.1, -0.05) is 23.2 Å². The van der Waals surface area contributed by atoms with Crippen molar-refractivity contribution in [3.8, 4) is 0 Å². The van der Waals surface area contributed by atoms with Crippen LogP contribution in [0, 0.1) is 6.92 Å². The molecule has 156 valence electrons. The third kappa shape index (κ3) is 4.30. The lowest BCUT2D eigenvalue weighted by Crippen LogP contribution is -2.16. The highest BCUT2D eigenvalue weighted by Crippen LogP contribution is 2.27. The smallest absolute Gasteiger partial charge is 0.335 e. The number of rotatable bonds is 5. The maximum atomic E-state index is 12.8. The van der Waals surface area contributed by atoms with Crippen LogP contribution in [0.1, 0.15) is 26.4 Å². The van der Waals surface area contributed by atoms with E-state index in [2.05, 4.69) is 20.7 Å². The predicted molar refractivity (Wildman–Crippen MR) is 119 cm³/mol. The standard InChI is InChI=1S/C21H15Cl2N5O3/c1-11-8-18(25-14-6-7-15(22)16(23)9-14)27-28-17(10-24-19(11)28)20(29)26-13-4-2-12(3-5-13)21(30)31/h2-10H,1H3,(H,25,27)(H,26,29)(H,30,31). The molecule has 4 aromatic rings. The highest BCUT2D eigenvalue weighted by atomic mass is 35.5. The van der Waals surface area contributed by atoms with E-state index in [0.29, 0.717) is 32.9 Å². The van der Waals surface area contributed by atoms with E-state index in [1.807, 2.05) is 6.92 Å². The molecule has 0 saturated carbocycles. The number of anilines is 3. The summed E-state index contributed by atoms with van der Waals surface area (Å²) in [6.45, 7) is 1.86. The van der Waals surface area contributed by atoms with E-state index in [9.17, 15) is 9.59 Å². The minimum atomic E-state index is -1.04. The molecule has 0 bridgehead atoms. The Morgan fingerprint density at radius 1 is 1.00 bits per heavy atom. The van der Waals surface area contributed by atoms with Crippen molar-refractivity contribution >= 4 is 57.9 Å². The Morgan fingerprint density at radius 3 is 2.39 bits per heavy atom. The highest BCUT2D eigenvalue weighted by molar-refractivity contribution is 6.42. The van der Waals surface area contributed by atoms with Gasteiger partial charge in [0.2, 0.25) is 0 Å². The molecule has 0 atom stereocenters. The number of carbonyl (C=O) groups is 2. The van der Waals surface area contributed by atoms with Crippen LogP contribution in [-0.4, -0.2) is 31.6 Å². The number of aryl methyl sites for hydroxylation is 1. The van der Waals surface area contributed by atoms with Crippen molar-refractivity contribution in [1.29, 1.82) is 0 Å². The molecular formula is C21H15Cl2N5O3. The Balaban J connectivity index is 1.62. The van der Waals surface area contributed by atoms with E-state index in [1.165, 1.54) is 35.0 Å². The molecular weight excluding hydrogens is 441 g/mol. The Morgan fingerprint density at radius 2 is 1.71 bits per heavy atom. The molecule has 31 heavy (non-hydrogen) atoms. The van der Waals surface area contributed by atoms with Gasteiger partial charge < -0.3 is 15.7 Å². The summed E-state index contributed by atoms with van der Waals surface area (Å²) in [6, 6.07) is 12.8. The maximum Gasteiger partial charge on any atom is 0.335 e. The summed E-state index contributed by atoms with van der Waals surface area (Å²) in [5.74, 6) is -0.989. The number of benzene rings is 2. The van der Waals surface area contributed by atoms with Crippen LogP contribution in [0.5, 0.6) is 0 Å². The first-order valence-corrected chi connectivity index (χ1v) is 9.79. The van der Waals surface area contributed by atoms with Crippen LogP contribution in [0.15, 0.2) is 54.7 Å². The molecule has 4 rings (SSSR count). The monoisotopic (exact) mass is 455 g/mol. The van der Waals surface area contributed by atoms with Crippen LogP contribution >= 0.6 is 23.2 Å². The molecule has 1 amide bonds. The van der Waals surface area contributed by atoms with E-state index in [0.717, 1.165) is 5.56 Å². The zero-order chi connectivity index (χ0) is 22.1. The third-order valence-electron chi connectivity index (χ3n) is 4.47. The van der Waals surface area contributed by atoms with Crippen LogP contribution in [0.4, 0.5) is 17.2 Å². The molecule has 0 spiro atoms. The Labute approximate surface area is 186 Å². The summed E-state index contributed by atoms with van der Waals surface area (Å²) in [7, 11) is 0. The average molecular weight is 456 g/mol. The van der Waals surface area contributed by atoms with Gasteiger partial charge in [-0.25, -0.2) is 14.3 Å². The van der Waals surface area contributed by atoms with Gasteiger partial charge in [-0.2, -0.15) is 0 Å².